The van der Waals surface area contributed by atoms with Crippen molar-refractivity contribution in [2.75, 3.05) is 6.54 Å². The van der Waals surface area contributed by atoms with Crippen LogP contribution in [0.15, 0.2) is 11.6 Å². The molecule has 0 radical (unpaired) electrons. The van der Waals surface area contributed by atoms with Crippen LogP contribution in [0.3, 0.4) is 0 Å². The minimum Gasteiger partial charge on any atom is -0.327 e. The molecule has 2 N–H and O–H groups in total. The smallest absolute Gasteiger partial charge is 0.0136 e. The highest BCUT2D eigenvalue weighted by Gasteiger charge is 2.29. The molecule has 14 heavy (non-hydrogen) atoms. The zero-order chi connectivity index (χ0) is 10.7. The van der Waals surface area contributed by atoms with Crippen LogP contribution in [0.4, 0.5) is 0 Å². The lowest BCUT2D eigenvalue weighted by Crippen LogP contribution is -2.29. The van der Waals surface area contributed by atoms with E-state index >= 15 is 0 Å². The predicted octanol–water partition coefficient (Wildman–Crippen LogP) is 3.21. The SMILES string of the molecule is CC(C)C1CC=C(CN)CC1C(C)C. The van der Waals surface area contributed by atoms with Gasteiger partial charge in [-0.25, -0.2) is 0 Å². The molecule has 1 aliphatic carbocycles. The van der Waals surface area contributed by atoms with E-state index in [2.05, 4.69) is 33.8 Å². The summed E-state index contributed by atoms with van der Waals surface area (Å²) in [6, 6.07) is 0. The third-order valence-electron chi connectivity index (χ3n) is 3.70. The van der Waals surface area contributed by atoms with Crippen molar-refractivity contribution in [1.82, 2.24) is 0 Å². The van der Waals surface area contributed by atoms with Crippen molar-refractivity contribution in [2.45, 2.75) is 40.5 Å². The molecule has 2 unspecified atom stereocenters. The summed E-state index contributed by atoms with van der Waals surface area (Å²) in [5.74, 6) is 3.31. The van der Waals surface area contributed by atoms with Gasteiger partial charge in [-0.3, -0.25) is 0 Å². The Morgan fingerprint density at radius 1 is 1.21 bits per heavy atom. The Balaban J connectivity index is 2.73. The molecule has 0 saturated carbocycles. The van der Waals surface area contributed by atoms with Crippen molar-refractivity contribution in [2.24, 2.45) is 29.4 Å². The third-order valence-corrected chi connectivity index (χ3v) is 3.70. The van der Waals surface area contributed by atoms with Gasteiger partial charge >= 0.3 is 0 Å². The van der Waals surface area contributed by atoms with Crippen molar-refractivity contribution in [1.29, 1.82) is 0 Å². The van der Waals surface area contributed by atoms with Crippen LogP contribution < -0.4 is 5.73 Å². The van der Waals surface area contributed by atoms with Crippen LogP contribution in [-0.4, -0.2) is 6.54 Å². The van der Waals surface area contributed by atoms with E-state index < -0.39 is 0 Å². The van der Waals surface area contributed by atoms with Gasteiger partial charge in [-0.2, -0.15) is 0 Å². The molecule has 1 aliphatic rings. The molecule has 1 heteroatoms. The molecular weight excluding hydrogens is 170 g/mol. The van der Waals surface area contributed by atoms with Crippen LogP contribution in [0, 0.1) is 23.7 Å². The highest BCUT2D eigenvalue weighted by Crippen LogP contribution is 2.38. The molecule has 0 saturated heterocycles. The molecule has 0 heterocycles. The van der Waals surface area contributed by atoms with Crippen molar-refractivity contribution >= 4 is 0 Å². The Kier molecular flexibility index (Phi) is 4.18. The van der Waals surface area contributed by atoms with E-state index in [-0.39, 0.29) is 0 Å². The zero-order valence-electron chi connectivity index (χ0n) is 10.1. The first-order chi connectivity index (χ1) is 6.56. The zero-order valence-corrected chi connectivity index (χ0v) is 10.1. The molecule has 0 bridgehead atoms. The van der Waals surface area contributed by atoms with Crippen molar-refractivity contribution in [3.63, 3.8) is 0 Å². The second-order valence-electron chi connectivity index (χ2n) is 5.32. The van der Waals surface area contributed by atoms with Crippen molar-refractivity contribution < 1.29 is 0 Å². The number of nitrogens with two attached hydrogens (primary N) is 1. The lowest BCUT2D eigenvalue weighted by Gasteiger charge is -2.36. The maximum Gasteiger partial charge on any atom is 0.0136 e. The lowest BCUT2D eigenvalue weighted by atomic mass is 9.69. The Morgan fingerprint density at radius 3 is 2.21 bits per heavy atom. The quantitative estimate of drug-likeness (QED) is 0.688. The highest BCUT2D eigenvalue weighted by atomic mass is 14.5. The maximum atomic E-state index is 5.72. The summed E-state index contributed by atoms with van der Waals surface area (Å²) in [6.07, 6.45) is 4.85. The number of allylic oxidation sites excluding steroid dienone is 1. The van der Waals surface area contributed by atoms with E-state index in [4.69, 9.17) is 5.73 Å². The van der Waals surface area contributed by atoms with Gasteiger partial charge in [-0.15, -0.1) is 0 Å². The molecule has 0 aromatic carbocycles. The summed E-state index contributed by atoms with van der Waals surface area (Å²) in [6.45, 7) is 10.1. The number of rotatable bonds is 3. The third kappa shape index (κ3) is 2.60. The normalized spacial score (nSPS) is 28.4. The average molecular weight is 195 g/mol. The van der Waals surface area contributed by atoms with Crippen LogP contribution in [0.2, 0.25) is 0 Å². The van der Waals surface area contributed by atoms with Crippen LogP contribution >= 0.6 is 0 Å². The van der Waals surface area contributed by atoms with Gasteiger partial charge in [0.1, 0.15) is 0 Å². The van der Waals surface area contributed by atoms with Crippen LogP contribution in [0.1, 0.15) is 40.5 Å². The van der Waals surface area contributed by atoms with E-state index in [0.29, 0.717) is 0 Å². The molecule has 1 rings (SSSR count). The van der Waals surface area contributed by atoms with Gasteiger partial charge in [0.25, 0.3) is 0 Å². The summed E-state index contributed by atoms with van der Waals surface area (Å²) in [4.78, 5) is 0. The van der Waals surface area contributed by atoms with Gasteiger partial charge < -0.3 is 5.73 Å². The fourth-order valence-electron chi connectivity index (χ4n) is 2.68. The predicted molar refractivity (Wildman–Crippen MR) is 63.0 cm³/mol. The molecule has 0 spiro atoms. The largest absolute Gasteiger partial charge is 0.327 e. The molecule has 0 aromatic rings. The van der Waals surface area contributed by atoms with E-state index in [0.717, 1.165) is 30.2 Å². The molecule has 1 nitrogen and oxygen atoms in total. The summed E-state index contributed by atoms with van der Waals surface area (Å²) in [7, 11) is 0. The first kappa shape index (κ1) is 11.8. The van der Waals surface area contributed by atoms with Gasteiger partial charge in [0.2, 0.25) is 0 Å². The number of hydrogen-bond acceptors (Lipinski definition) is 1. The fraction of sp³-hybridized carbons (Fsp3) is 0.846. The monoisotopic (exact) mass is 195 g/mol. The fourth-order valence-corrected chi connectivity index (χ4v) is 2.68. The first-order valence-corrected chi connectivity index (χ1v) is 5.94. The summed E-state index contributed by atoms with van der Waals surface area (Å²) in [5, 5.41) is 0. The highest BCUT2D eigenvalue weighted by molar-refractivity contribution is 5.10. The molecular formula is C13H25N. The second-order valence-corrected chi connectivity index (χ2v) is 5.32. The number of hydrogen-bond donors (Lipinski definition) is 1. The Morgan fingerprint density at radius 2 is 1.79 bits per heavy atom. The van der Waals surface area contributed by atoms with Gasteiger partial charge in [0, 0.05) is 6.54 Å². The Bertz CT molecular complexity index is 203. The standard InChI is InChI=1S/C13H25N/c1-9(2)12-6-5-11(8-14)7-13(12)10(3)4/h5,9-10,12-13H,6-8,14H2,1-4H3. The van der Waals surface area contributed by atoms with Gasteiger partial charge in [-0.05, 0) is 36.5 Å². The Labute approximate surface area is 88.8 Å². The van der Waals surface area contributed by atoms with Gasteiger partial charge in [0.05, 0.1) is 0 Å². The molecule has 0 amide bonds. The van der Waals surface area contributed by atoms with E-state index in [9.17, 15) is 0 Å². The van der Waals surface area contributed by atoms with Crippen molar-refractivity contribution in [3.8, 4) is 0 Å². The molecule has 2 atom stereocenters. The summed E-state index contributed by atoms with van der Waals surface area (Å²) >= 11 is 0. The van der Waals surface area contributed by atoms with Crippen LogP contribution in [0.5, 0.6) is 0 Å². The second kappa shape index (κ2) is 4.97. The molecule has 0 aromatic heterocycles. The average Bonchev–Trinajstić information content (AvgIpc) is 2.16. The van der Waals surface area contributed by atoms with E-state index in [1.165, 1.54) is 18.4 Å². The van der Waals surface area contributed by atoms with Gasteiger partial charge in [0.15, 0.2) is 0 Å². The van der Waals surface area contributed by atoms with E-state index in [1.54, 1.807) is 0 Å². The summed E-state index contributed by atoms with van der Waals surface area (Å²) < 4.78 is 0. The van der Waals surface area contributed by atoms with Crippen LogP contribution in [0.25, 0.3) is 0 Å². The van der Waals surface area contributed by atoms with E-state index in [1.807, 2.05) is 0 Å². The first-order valence-electron chi connectivity index (χ1n) is 5.94. The van der Waals surface area contributed by atoms with Gasteiger partial charge in [-0.1, -0.05) is 39.3 Å². The molecule has 0 aliphatic heterocycles. The topological polar surface area (TPSA) is 26.0 Å². The Hall–Kier alpha value is -0.300. The lowest BCUT2D eigenvalue weighted by molar-refractivity contribution is 0.185. The van der Waals surface area contributed by atoms with Crippen molar-refractivity contribution in [3.05, 3.63) is 11.6 Å². The molecule has 82 valence electrons. The molecule has 0 fully saturated rings. The maximum absolute atomic E-state index is 5.72. The van der Waals surface area contributed by atoms with Crippen LogP contribution in [-0.2, 0) is 0 Å². The minimum absolute atomic E-state index is 0.758. The summed E-state index contributed by atoms with van der Waals surface area (Å²) in [5.41, 5.74) is 7.19. The minimum atomic E-state index is 0.758.